The quantitative estimate of drug-likeness (QED) is 0.251. The van der Waals surface area contributed by atoms with E-state index in [0.717, 1.165) is 24.2 Å². The molecule has 2 aromatic carbocycles. The van der Waals surface area contributed by atoms with Crippen molar-refractivity contribution in [3.05, 3.63) is 83.9 Å². The summed E-state index contributed by atoms with van der Waals surface area (Å²) in [6, 6.07) is 20.4. The van der Waals surface area contributed by atoms with Crippen molar-refractivity contribution in [2.75, 3.05) is 13.1 Å². The van der Waals surface area contributed by atoms with Crippen molar-refractivity contribution < 1.29 is 9.59 Å². The molecule has 2 atom stereocenters. The minimum atomic E-state index is -0.317. The second-order valence-electron chi connectivity index (χ2n) is 12.6. The Morgan fingerprint density at radius 2 is 1.12 bits per heavy atom. The molecule has 0 aromatic heterocycles. The van der Waals surface area contributed by atoms with Gasteiger partial charge in [-0.2, -0.15) is 0 Å². The molecule has 4 nitrogen and oxygen atoms in total. The molecule has 2 amide bonds. The fourth-order valence-electron chi connectivity index (χ4n) is 6.97. The third-order valence-electron chi connectivity index (χ3n) is 9.19. The van der Waals surface area contributed by atoms with Crippen molar-refractivity contribution in [1.29, 1.82) is 0 Å². The Balaban J connectivity index is 1.50. The van der Waals surface area contributed by atoms with Gasteiger partial charge in [0.15, 0.2) is 0 Å². The average Bonchev–Trinajstić information content (AvgIpc) is 2.98. The van der Waals surface area contributed by atoms with Crippen LogP contribution in [0.1, 0.15) is 88.2 Å². The van der Waals surface area contributed by atoms with Crippen molar-refractivity contribution in [2.45, 2.75) is 89.9 Å². The monoisotopic (exact) mass is 542 g/mol. The maximum atomic E-state index is 14.4. The Morgan fingerprint density at radius 3 is 1.57 bits per heavy atom. The summed E-state index contributed by atoms with van der Waals surface area (Å²) in [4.78, 5) is 29.1. The van der Waals surface area contributed by atoms with Crippen LogP contribution >= 0.6 is 0 Å². The van der Waals surface area contributed by atoms with Crippen LogP contribution in [0.25, 0.3) is 0 Å². The van der Waals surface area contributed by atoms with Gasteiger partial charge < -0.3 is 10.6 Å². The van der Waals surface area contributed by atoms with Crippen molar-refractivity contribution in [3.8, 4) is 0 Å². The fraction of sp³-hybridized carbons (Fsp3) is 0.556. The summed E-state index contributed by atoms with van der Waals surface area (Å²) in [6.07, 6.45) is 15.2. The van der Waals surface area contributed by atoms with E-state index < -0.39 is 0 Å². The molecule has 40 heavy (non-hydrogen) atoms. The number of nitrogens with zero attached hydrogens (tertiary/aromatic N) is 1. The molecular formula is C36H50N2O2. The van der Waals surface area contributed by atoms with Gasteiger partial charge in [0.2, 0.25) is 11.8 Å². The fourth-order valence-corrected chi connectivity index (χ4v) is 6.97. The van der Waals surface area contributed by atoms with Crippen LogP contribution in [0, 0.1) is 23.7 Å². The first kappa shape index (κ1) is 30.1. The van der Waals surface area contributed by atoms with Crippen LogP contribution in [0.4, 0.5) is 0 Å². The Bertz CT molecular complexity index is 1030. The number of hydrogen-bond acceptors (Lipinski definition) is 2. The standard InChI is InChI=1S/C36H50N2O2/c1-28(22-33(35(37)39)24-29-14-6-2-7-15-29)23-34(25-30-16-8-3-9-17-30)36(40)38(26-31-18-10-4-11-19-31)27-32-20-12-5-13-21-32/h2-3,6-9,14-17,31-34H,1,4-5,10-13,18-27H2,(H2,37,39). The molecular weight excluding hydrogens is 492 g/mol. The van der Waals surface area contributed by atoms with E-state index in [2.05, 4.69) is 35.7 Å². The summed E-state index contributed by atoms with van der Waals surface area (Å²) in [5.74, 6) is 0.723. The molecule has 0 bridgehead atoms. The predicted molar refractivity (Wildman–Crippen MR) is 165 cm³/mol. The maximum absolute atomic E-state index is 14.4. The number of benzene rings is 2. The first-order chi connectivity index (χ1) is 19.5. The molecule has 4 heteroatoms. The molecule has 0 aliphatic heterocycles. The SMILES string of the molecule is C=C(CC(Cc1ccccc1)C(N)=O)CC(Cc1ccccc1)C(=O)N(CC1CCCCC1)CC1CCCCC1. The highest BCUT2D eigenvalue weighted by Gasteiger charge is 2.30. The topological polar surface area (TPSA) is 63.4 Å². The minimum Gasteiger partial charge on any atom is -0.369 e. The summed E-state index contributed by atoms with van der Waals surface area (Å²) in [5, 5.41) is 0. The second-order valence-corrected chi connectivity index (χ2v) is 12.6. The van der Waals surface area contributed by atoms with Gasteiger partial charge in [0.25, 0.3) is 0 Å². The van der Waals surface area contributed by atoms with Gasteiger partial charge >= 0.3 is 0 Å². The Hall–Kier alpha value is -2.88. The minimum absolute atomic E-state index is 0.174. The first-order valence-corrected chi connectivity index (χ1v) is 15.8. The molecule has 2 aliphatic carbocycles. The van der Waals surface area contributed by atoms with Gasteiger partial charge in [-0.3, -0.25) is 9.59 Å². The molecule has 0 spiro atoms. The maximum Gasteiger partial charge on any atom is 0.226 e. The van der Waals surface area contributed by atoms with Gasteiger partial charge in [0, 0.05) is 24.9 Å². The van der Waals surface area contributed by atoms with E-state index in [0.29, 0.717) is 37.5 Å². The van der Waals surface area contributed by atoms with Gasteiger partial charge in [-0.05, 0) is 74.3 Å². The highest BCUT2D eigenvalue weighted by molar-refractivity contribution is 5.80. The molecule has 0 heterocycles. The van der Waals surface area contributed by atoms with E-state index >= 15 is 0 Å². The molecule has 2 N–H and O–H groups in total. The summed E-state index contributed by atoms with van der Waals surface area (Å²) < 4.78 is 0. The molecule has 216 valence electrons. The van der Waals surface area contributed by atoms with Gasteiger partial charge in [-0.15, -0.1) is 0 Å². The van der Waals surface area contributed by atoms with E-state index in [1.54, 1.807) is 0 Å². The molecule has 4 rings (SSSR count). The van der Waals surface area contributed by atoms with E-state index in [1.807, 2.05) is 36.4 Å². The lowest BCUT2D eigenvalue weighted by Gasteiger charge is -2.36. The van der Waals surface area contributed by atoms with E-state index in [4.69, 9.17) is 5.73 Å². The lowest BCUT2D eigenvalue weighted by atomic mass is 9.84. The third-order valence-corrected chi connectivity index (χ3v) is 9.19. The zero-order chi connectivity index (χ0) is 28.2. The Morgan fingerprint density at radius 1 is 0.700 bits per heavy atom. The van der Waals surface area contributed by atoms with Crippen LogP contribution in [0.15, 0.2) is 72.8 Å². The van der Waals surface area contributed by atoms with E-state index in [-0.39, 0.29) is 23.7 Å². The Labute approximate surface area is 242 Å². The van der Waals surface area contributed by atoms with Crippen molar-refractivity contribution in [2.24, 2.45) is 29.4 Å². The van der Waals surface area contributed by atoms with Crippen LogP contribution in [-0.2, 0) is 22.4 Å². The van der Waals surface area contributed by atoms with E-state index in [1.165, 1.54) is 69.8 Å². The summed E-state index contributed by atoms with van der Waals surface area (Å²) in [6.45, 7) is 6.18. The van der Waals surface area contributed by atoms with Gasteiger partial charge in [0.1, 0.15) is 0 Å². The molecule has 2 unspecified atom stereocenters. The first-order valence-electron chi connectivity index (χ1n) is 15.8. The van der Waals surface area contributed by atoms with Crippen LogP contribution in [-0.4, -0.2) is 29.8 Å². The van der Waals surface area contributed by atoms with Crippen molar-refractivity contribution >= 4 is 11.8 Å². The predicted octanol–water partition coefficient (Wildman–Crippen LogP) is 7.52. The second kappa shape index (κ2) is 15.8. The summed E-state index contributed by atoms with van der Waals surface area (Å²) >= 11 is 0. The van der Waals surface area contributed by atoms with Gasteiger partial charge in [-0.25, -0.2) is 0 Å². The summed E-state index contributed by atoms with van der Waals surface area (Å²) in [5.41, 5.74) is 9.08. The van der Waals surface area contributed by atoms with Crippen LogP contribution in [0.2, 0.25) is 0 Å². The lowest BCUT2D eigenvalue weighted by Crippen LogP contribution is -2.43. The number of allylic oxidation sites excluding steroid dienone is 1. The Kier molecular flexibility index (Phi) is 11.9. The highest BCUT2D eigenvalue weighted by Crippen LogP contribution is 2.31. The number of rotatable bonds is 14. The number of amides is 2. The average molecular weight is 543 g/mol. The number of primary amides is 1. The van der Waals surface area contributed by atoms with Crippen molar-refractivity contribution in [3.63, 3.8) is 0 Å². The number of nitrogens with two attached hydrogens (primary N) is 1. The molecule has 2 fully saturated rings. The molecule has 2 aliphatic rings. The molecule has 0 saturated heterocycles. The zero-order valence-corrected chi connectivity index (χ0v) is 24.4. The lowest BCUT2D eigenvalue weighted by molar-refractivity contribution is -0.137. The summed E-state index contributed by atoms with van der Waals surface area (Å²) in [7, 11) is 0. The largest absolute Gasteiger partial charge is 0.369 e. The van der Waals surface area contributed by atoms with Crippen LogP contribution in [0.3, 0.4) is 0 Å². The molecule has 0 radical (unpaired) electrons. The van der Waals surface area contributed by atoms with E-state index in [9.17, 15) is 9.59 Å². The molecule has 2 saturated carbocycles. The zero-order valence-electron chi connectivity index (χ0n) is 24.4. The van der Waals surface area contributed by atoms with Gasteiger partial charge in [0.05, 0.1) is 0 Å². The normalized spacial score (nSPS) is 18.1. The number of carbonyl (C=O) groups is 2. The highest BCUT2D eigenvalue weighted by atomic mass is 16.2. The van der Waals surface area contributed by atoms with Gasteiger partial charge in [-0.1, -0.05) is 111 Å². The smallest absolute Gasteiger partial charge is 0.226 e. The van der Waals surface area contributed by atoms with Crippen molar-refractivity contribution in [1.82, 2.24) is 4.90 Å². The third kappa shape index (κ3) is 9.64. The van der Waals surface area contributed by atoms with Crippen LogP contribution < -0.4 is 5.73 Å². The number of carbonyl (C=O) groups excluding carboxylic acids is 2. The molecule has 2 aromatic rings. The van der Waals surface area contributed by atoms with Crippen LogP contribution in [0.5, 0.6) is 0 Å². The number of hydrogen-bond donors (Lipinski definition) is 1.